The fourth-order valence-electron chi connectivity index (χ4n) is 3.53. The molecule has 0 saturated carbocycles. The molecular weight excluding hydrogens is 314 g/mol. The molecule has 4 heteroatoms. The molecule has 0 aromatic heterocycles. The monoisotopic (exact) mass is 339 g/mol. The quantitative estimate of drug-likeness (QED) is 0.756. The van der Waals surface area contributed by atoms with Gasteiger partial charge < -0.3 is 9.47 Å². The van der Waals surface area contributed by atoms with E-state index in [1.807, 2.05) is 25.1 Å². The van der Waals surface area contributed by atoms with Crippen LogP contribution in [0.5, 0.6) is 5.75 Å². The largest absolute Gasteiger partial charge is 0.497 e. The van der Waals surface area contributed by atoms with Crippen LogP contribution in [0.15, 0.2) is 54.6 Å². The third-order valence-corrected chi connectivity index (χ3v) is 4.78. The second-order valence-corrected chi connectivity index (χ2v) is 6.42. The Hall–Kier alpha value is -2.33. The summed E-state index contributed by atoms with van der Waals surface area (Å²) in [4.78, 5) is 14.8. The highest BCUT2D eigenvalue weighted by atomic mass is 16.5. The molecule has 25 heavy (non-hydrogen) atoms. The van der Waals surface area contributed by atoms with Gasteiger partial charge in [-0.2, -0.15) is 0 Å². The molecule has 0 aliphatic carbocycles. The maximum atomic E-state index is 12.5. The Bertz CT molecular complexity index is 684. The van der Waals surface area contributed by atoms with Crippen LogP contribution in [-0.2, 0) is 16.1 Å². The van der Waals surface area contributed by atoms with E-state index in [0.717, 1.165) is 30.9 Å². The number of hydrogen-bond acceptors (Lipinski definition) is 4. The van der Waals surface area contributed by atoms with Crippen molar-refractivity contribution in [2.45, 2.75) is 19.4 Å². The fourth-order valence-corrected chi connectivity index (χ4v) is 3.53. The first-order valence-electron chi connectivity index (χ1n) is 8.78. The van der Waals surface area contributed by atoms with E-state index in [0.29, 0.717) is 6.61 Å². The van der Waals surface area contributed by atoms with Crippen LogP contribution in [0.4, 0.5) is 0 Å². The summed E-state index contributed by atoms with van der Waals surface area (Å²) in [7, 11) is 1.66. The Morgan fingerprint density at radius 1 is 1.08 bits per heavy atom. The summed E-state index contributed by atoms with van der Waals surface area (Å²) in [6.07, 6.45) is 0. The number of rotatable bonds is 6. The zero-order valence-electron chi connectivity index (χ0n) is 14.9. The minimum atomic E-state index is -0.128. The first-order valence-corrected chi connectivity index (χ1v) is 8.78. The minimum Gasteiger partial charge on any atom is -0.497 e. The topological polar surface area (TPSA) is 38.8 Å². The number of carbonyl (C=O) groups is 1. The SMILES string of the molecule is CCOC(=O)C1CN(Cc2ccccc2)CC1c1ccc(OC)cc1. The summed E-state index contributed by atoms with van der Waals surface area (Å²) in [6.45, 7) is 4.71. The van der Waals surface area contributed by atoms with Crippen molar-refractivity contribution in [3.05, 3.63) is 65.7 Å². The summed E-state index contributed by atoms with van der Waals surface area (Å²) in [5, 5.41) is 0. The van der Waals surface area contributed by atoms with E-state index in [2.05, 4.69) is 41.3 Å². The van der Waals surface area contributed by atoms with E-state index in [1.165, 1.54) is 5.56 Å². The summed E-state index contributed by atoms with van der Waals surface area (Å²) < 4.78 is 10.6. The maximum absolute atomic E-state index is 12.5. The van der Waals surface area contributed by atoms with Gasteiger partial charge in [0.05, 0.1) is 19.6 Å². The number of ether oxygens (including phenoxy) is 2. The fraction of sp³-hybridized carbons (Fsp3) is 0.381. The van der Waals surface area contributed by atoms with Crippen molar-refractivity contribution >= 4 is 5.97 Å². The smallest absolute Gasteiger partial charge is 0.310 e. The van der Waals surface area contributed by atoms with Crippen LogP contribution in [0.2, 0.25) is 0 Å². The number of benzene rings is 2. The first kappa shape index (κ1) is 17.5. The van der Waals surface area contributed by atoms with Gasteiger partial charge in [-0.05, 0) is 30.2 Å². The molecule has 1 aliphatic heterocycles. The molecule has 1 saturated heterocycles. The minimum absolute atomic E-state index is 0.0983. The molecule has 2 aromatic carbocycles. The zero-order chi connectivity index (χ0) is 17.6. The van der Waals surface area contributed by atoms with Gasteiger partial charge in [0.15, 0.2) is 0 Å². The van der Waals surface area contributed by atoms with Crippen LogP contribution in [0.3, 0.4) is 0 Å². The van der Waals surface area contributed by atoms with Crippen LogP contribution in [0.25, 0.3) is 0 Å². The molecule has 1 heterocycles. The highest BCUT2D eigenvalue weighted by Gasteiger charge is 2.39. The van der Waals surface area contributed by atoms with Crippen molar-refractivity contribution in [3.63, 3.8) is 0 Å². The molecule has 4 nitrogen and oxygen atoms in total. The Balaban J connectivity index is 1.78. The van der Waals surface area contributed by atoms with Gasteiger partial charge in [-0.3, -0.25) is 9.69 Å². The highest BCUT2D eigenvalue weighted by molar-refractivity contribution is 5.74. The number of likely N-dealkylation sites (tertiary alicyclic amines) is 1. The van der Waals surface area contributed by atoms with Crippen LogP contribution < -0.4 is 4.74 Å². The van der Waals surface area contributed by atoms with Gasteiger partial charge in [0.1, 0.15) is 5.75 Å². The Kier molecular flexibility index (Phi) is 5.71. The second-order valence-electron chi connectivity index (χ2n) is 6.42. The van der Waals surface area contributed by atoms with Gasteiger partial charge in [-0.25, -0.2) is 0 Å². The van der Waals surface area contributed by atoms with E-state index in [9.17, 15) is 4.79 Å². The predicted octanol–water partition coefficient (Wildman–Crippen LogP) is 3.47. The van der Waals surface area contributed by atoms with E-state index in [1.54, 1.807) is 7.11 Å². The number of esters is 1. The van der Waals surface area contributed by atoms with Gasteiger partial charge in [0.25, 0.3) is 0 Å². The van der Waals surface area contributed by atoms with Gasteiger partial charge in [-0.1, -0.05) is 42.5 Å². The van der Waals surface area contributed by atoms with Gasteiger partial charge >= 0.3 is 5.97 Å². The third-order valence-electron chi connectivity index (χ3n) is 4.78. The van der Waals surface area contributed by atoms with E-state index < -0.39 is 0 Å². The average Bonchev–Trinajstić information content (AvgIpc) is 3.07. The lowest BCUT2D eigenvalue weighted by atomic mass is 9.89. The Morgan fingerprint density at radius 3 is 2.44 bits per heavy atom. The second kappa shape index (κ2) is 8.17. The van der Waals surface area contributed by atoms with Crippen molar-refractivity contribution in [1.29, 1.82) is 0 Å². The van der Waals surface area contributed by atoms with E-state index >= 15 is 0 Å². The lowest BCUT2D eigenvalue weighted by Crippen LogP contribution is -2.25. The molecular formula is C21H25NO3. The molecule has 1 fully saturated rings. The Labute approximate surface area is 149 Å². The number of methoxy groups -OCH3 is 1. The average molecular weight is 339 g/mol. The lowest BCUT2D eigenvalue weighted by Gasteiger charge is -2.17. The normalized spacial score (nSPS) is 20.4. The van der Waals surface area contributed by atoms with Crippen molar-refractivity contribution in [3.8, 4) is 5.75 Å². The summed E-state index contributed by atoms with van der Waals surface area (Å²) in [5.74, 6) is 0.750. The molecule has 2 unspecified atom stereocenters. The van der Waals surface area contributed by atoms with Gasteiger partial charge in [0, 0.05) is 25.6 Å². The van der Waals surface area contributed by atoms with Crippen LogP contribution in [0.1, 0.15) is 24.0 Å². The molecule has 0 spiro atoms. The lowest BCUT2D eigenvalue weighted by molar-refractivity contribution is -0.148. The van der Waals surface area contributed by atoms with E-state index in [4.69, 9.17) is 9.47 Å². The summed E-state index contributed by atoms with van der Waals surface area (Å²) >= 11 is 0. The van der Waals surface area contributed by atoms with Crippen LogP contribution >= 0.6 is 0 Å². The third kappa shape index (κ3) is 4.20. The molecule has 2 atom stereocenters. The zero-order valence-corrected chi connectivity index (χ0v) is 14.9. The summed E-state index contributed by atoms with van der Waals surface area (Å²) in [5.41, 5.74) is 2.43. The molecule has 2 aromatic rings. The number of hydrogen-bond donors (Lipinski definition) is 0. The van der Waals surface area contributed by atoms with Crippen molar-refractivity contribution in [2.75, 3.05) is 26.8 Å². The maximum Gasteiger partial charge on any atom is 0.310 e. The molecule has 3 rings (SSSR count). The Morgan fingerprint density at radius 2 is 1.80 bits per heavy atom. The molecule has 132 valence electrons. The van der Waals surface area contributed by atoms with Crippen LogP contribution in [-0.4, -0.2) is 37.7 Å². The molecule has 0 radical (unpaired) electrons. The molecule has 0 amide bonds. The van der Waals surface area contributed by atoms with Gasteiger partial charge in [0.2, 0.25) is 0 Å². The van der Waals surface area contributed by atoms with Crippen molar-refractivity contribution < 1.29 is 14.3 Å². The number of carbonyl (C=O) groups excluding carboxylic acids is 1. The predicted molar refractivity (Wildman–Crippen MR) is 97.6 cm³/mol. The highest BCUT2D eigenvalue weighted by Crippen LogP contribution is 2.35. The molecule has 0 bridgehead atoms. The molecule has 0 N–H and O–H groups in total. The number of nitrogens with zero attached hydrogens (tertiary/aromatic N) is 1. The standard InChI is InChI=1S/C21H25NO3/c1-3-25-21(23)20-15-22(13-16-7-5-4-6-8-16)14-19(20)17-9-11-18(24-2)12-10-17/h4-12,19-20H,3,13-15H2,1-2H3. The first-order chi connectivity index (χ1) is 12.2. The van der Waals surface area contributed by atoms with Crippen LogP contribution in [0, 0.1) is 5.92 Å². The summed E-state index contributed by atoms with van der Waals surface area (Å²) in [6, 6.07) is 18.4. The van der Waals surface area contributed by atoms with Gasteiger partial charge in [-0.15, -0.1) is 0 Å². The van der Waals surface area contributed by atoms with Crippen molar-refractivity contribution in [1.82, 2.24) is 4.90 Å². The molecule has 1 aliphatic rings. The van der Waals surface area contributed by atoms with E-state index in [-0.39, 0.29) is 17.8 Å². The van der Waals surface area contributed by atoms with Crippen molar-refractivity contribution in [2.24, 2.45) is 5.92 Å².